The second-order valence-electron chi connectivity index (χ2n) is 3.28. The van der Waals surface area contributed by atoms with Crippen molar-refractivity contribution >= 4 is 18.0 Å². The van der Waals surface area contributed by atoms with E-state index in [1.807, 2.05) is 0 Å². The Balaban J connectivity index is 2.94. The first kappa shape index (κ1) is 12.9. The number of esters is 1. The number of aliphatic carboxylic acids is 1. The summed E-state index contributed by atoms with van der Waals surface area (Å²) < 4.78 is 17.7. The van der Waals surface area contributed by atoms with Crippen molar-refractivity contribution in [1.29, 1.82) is 0 Å². The summed E-state index contributed by atoms with van der Waals surface area (Å²) in [6, 6.07) is 3.93. The summed E-state index contributed by atoms with van der Waals surface area (Å²) in [5, 5.41) is 8.60. The van der Waals surface area contributed by atoms with Gasteiger partial charge in [-0.3, -0.25) is 4.79 Å². The molecule has 0 saturated heterocycles. The Morgan fingerprint density at radius 2 is 2.18 bits per heavy atom. The van der Waals surface area contributed by atoms with E-state index < -0.39 is 17.8 Å². The molecule has 17 heavy (non-hydrogen) atoms. The topological polar surface area (TPSA) is 63.6 Å². The first-order valence-corrected chi connectivity index (χ1v) is 4.79. The van der Waals surface area contributed by atoms with Gasteiger partial charge in [-0.2, -0.15) is 0 Å². The summed E-state index contributed by atoms with van der Waals surface area (Å²) >= 11 is 0. The molecule has 0 aromatic heterocycles. The Kier molecular flexibility index (Phi) is 4.39. The number of ether oxygens (including phenoxy) is 1. The van der Waals surface area contributed by atoms with Gasteiger partial charge in [0.2, 0.25) is 0 Å². The third-order valence-electron chi connectivity index (χ3n) is 2.02. The van der Waals surface area contributed by atoms with Crippen molar-refractivity contribution < 1.29 is 23.8 Å². The van der Waals surface area contributed by atoms with Crippen LogP contribution in [0.5, 0.6) is 0 Å². The van der Waals surface area contributed by atoms with Gasteiger partial charge < -0.3 is 9.84 Å². The Morgan fingerprint density at radius 3 is 2.76 bits per heavy atom. The summed E-state index contributed by atoms with van der Waals surface area (Å²) in [4.78, 5) is 21.3. The minimum Gasteiger partial charge on any atom is -0.481 e. The zero-order chi connectivity index (χ0) is 12.8. The highest BCUT2D eigenvalue weighted by Crippen LogP contribution is 2.13. The van der Waals surface area contributed by atoms with E-state index in [-0.39, 0.29) is 12.0 Å². The molecule has 90 valence electrons. The van der Waals surface area contributed by atoms with E-state index in [9.17, 15) is 14.0 Å². The lowest BCUT2D eigenvalue weighted by molar-refractivity contribution is -0.136. The summed E-state index contributed by atoms with van der Waals surface area (Å²) in [5.41, 5.74) is 0.609. The summed E-state index contributed by atoms with van der Waals surface area (Å²) in [6.07, 6.45) is 2.12. The van der Waals surface area contributed by atoms with E-state index in [1.165, 1.54) is 25.3 Å². The summed E-state index contributed by atoms with van der Waals surface area (Å²) in [5.74, 6) is -2.13. The zero-order valence-corrected chi connectivity index (χ0v) is 9.14. The van der Waals surface area contributed by atoms with Crippen molar-refractivity contribution in [1.82, 2.24) is 0 Å². The second-order valence-corrected chi connectivity index (χ2v) is 3.28. The van der Waals surface area contributed by atoms with Crippen LogP contribution in [0.3, 0.4) is 0 Å². The summed E-state index contributed by atoms with van der Waals surface area (Å²) in [7, 11) is 1.21. The molecule has 4 nitrogen and oxygen atoms in total. The average molecular weight is 238 g/mol. The monoisotopic (exact) mass is 238 g/mol. The highest BCUT2D eigenvalue weighted by molar-refractivity contribution is 5.87. The molecular formula is C12H11FO4. The van der Waals surface area contributed by atoms with Gasteiger partial charge in [-0.1, -0.05) is 6.07 Å². The van der Waals surface area contributed by atoms with Gasteiger partial charge in [0, 0.05) is 11.6 Å². The summed E-state index contributed by atoms with van der Waals surface area (Å²) in [6.45, 7) is 0. The van der Waals surface area contributed by atoms with Gasteiger partial charge in [-0.05, 0) is 23.8 Å². The zero-order valence-electron chi connectivity index (χ0n) is 9.14. The van der Waals surface area contributed by atoms with Crippen LogP contribution in [0.2, 0.25) is 0 Å². The van der Waals surface area contributed by atoms with Crippen molar-refractivity contribution in [2.75, 3.05) is 7.11 Å². The number of halogens is 1. The third kappa shape index (κ3) is 4.06. The minimum atomic E-state index is -1.00. The van der Waals surface area contributed by atoms with Gasteiger partial charge in [0.15, 0.2) is 0 Å². The van der Waals surface area contributed by atoms with E-state index in [0.717, 1.165) is 12.1 Å². The number of methoxy groups -OCH3 is 1. The van der Waals surface area contributed by atoms with E-state index in [2.05, 4.69) is 4.74 Å². The Hall–Kier alpha value is -2.17. The number of benzene rings is 1. The second kappa shape index (κ2) is 5.79. The normalized spacial score (nSPS) is 10.5. The molecule has 1 aromatic carbocycles. The molecule has 0 amide bonds. The Morgan fingerprint density at radius 1 is 1.47 bits per heavy atom. The maximum atomic E-state index is 13.3. The lowest BCUT2D eigenvalue weighted by Crippen LogP contribution is -2.01. The number of carboxylic acid groups (broad SMARTS) is 1. The fourth-order valence-corrected chi connectivity index (χ4v) is 1.23. The molecule has 0 aliphatic carbocycles. The lowest BCUT2D eigenvalue weighted by atomic mass is 10.1. The van der Waals surface area contributed by atoms with E-state index in [0.29, 0.717) is 5.56 Å². The van der Waals surface area contributed by atoms with Gasteiger partial charge >= 0.3 is 11.9 Å². The molecule has 1 rings (SSSR count). The molecule has 0 aliphatic heterocycles. The molecule has 5 heteroatoms. The van der Waals surface area contributed by atoms with Crippen LogP contribution in [0.15, 0.2) is 24.3 Å². The highest BCUT2D eigenvalue weighted by Gasteiger charge is 2.05. The molecule has 0 spiro atoms. The number of carboxylic acids is 1. The fraction of sp³-hybridized carbons (Fsp3) is 0.167. The van der Waals surface area contributed by atoms with Crippen molar-refractivity contribution in [3.8, 4) is 0 Å². The van der Waals surface area contributed by atoms with Crippen molar-refractivity contribution in [3.63, 3.8) is 0 Å². The number of hydrogen-bond donors (Lipinski definition) is 1. The number of carbonyl (C=O) groups excluding carboxylic acids is 1. The van der Waals surface area contributed by atoms with Gasteiger partial charge in [0.05, 0.1) is 13.5 Å². The highest BCUT2D eigenvalue weighted by atomic mass is 19.1. The maximum absolute atomic E-state index is 13.3. The number of hydrogen-bond acceptors (Lipinski definition) is 3. The van der Waals surface area contributed by atoms with Gasteiger partial charge in [-0.25, -0.2) is 9.18 Å². The molecular weight excluding hydrogens is 227 g/mol. The van der Waals surface area contributed by atoms with Gasteiger partial charge in [0.1, 0.15) is 5.82 Å². The predicted molar refractivity (Wildman–Crippen MR) is 58.8 cm³/mol. The molecule has 0 fully saturated rings. The fourth-order valence-electron chi connectivity index (χ4n) is 1.23. The minimum absolute atomic E-state index is 0.147. The Bertz CT molecular complexity index is 466. The molecule has 0 unspecified atom stereocenters. The smallest absolute Gasteiger partial charge is 0.330 e. The maximum Gasteiger partial charge on any atom is 0.330 e. The molecule has 0 bridgehead atoms. The average Bonchev–Trinajstić information content (AvgIpc) is 2.28. The van der Waals surface area contributed by atoms with Crippen LogP contribution in [-0.4, -0.2) is 24.2 Å². The molecule has 0 heterocycles. The Labute approximate surface area is 97.3 Å². The van der Waals surface area contributed by atoms with Crippen LogP contribution in [0.25, 0.3) is 6.08 Å². The van der Waals surface area contributed by atoms with Crippen LogP contribution in [0.1, 0.15) is 11.1 Å². The number of carbonyl (C=O) groups is 2. The van der Waals surface area contributed by atoms with Gasteiger partial charge in [0.25, 0.3) is 0 Å². The molecule has 1 N–H and O–H groups in total. The van der Waals surface area contributed by atoms with Crippen molar-refractivity contribution in [3.05, 3.63) is 41.2 Å². The van der Waals surface area contributed by atoms with Gasteiger partial charge in [-0.15, -0.1) is 0 Å². The van der Waals surface area contributed by atoms with Crippen LogP contribution in [0, 0.1) is 5.82 Å². The van der Waals surface area contributed by atoms with E-state index in [4.69, 9.17) is 5.11 Å². The molecule has 0 aliphatic rings. The van der Waals surface area contributed by atoms with Crippen molar-refractivity contribution in [2.24, 2.45) is 0 Å². The quantitative estimate of drug-likeness (QED) is 0.639. The predicted octanol–water partition coefficient (Wildman–Crippen LogP) is 1.64. The van der Waals surface area contributed by atoms with E-state index >= 15 is 0 Å². The first-order chi connectivity index (χ1) is 8.02. The van der Waals surface area contributed by atoms with E-state index in [1.54, 1.807) is 0 Å². The molecule has 0 saturated carbocycles. The van der Waals surface area contributed by atoms with Crippen LogP contribution < -0.4 is 0 Å². The third-order valence-corrected chi connectivity index (χ3v) is 2.02. The molecule has 0 radical (unpaired) electrons. The number of rotatable bonds is 4. The van der Waals surface area contributed by atoms with Crippen molar-refractivity contribution in [2.45, 2.75) is 6.42 Å². The van der Waals surface area contributed by atoms with Crippen LogP contribution in [0.4, 0.5) is 4.39 Å². The molecule has 1 aromatic rings. The first-order valence-electron chi connectivity index (χ1n) is 4.79. The standard InChI is InChI=1S/C12H11FO4/c1-17-12(16)5-3-9-6-8(7-11(14)15)2-4-10(9)13/h2-6H,7H2,1H3,(H,14,15). The SMILES string of the molecule is COC(=O)C=Cc1cc(CC(=O)O)ccc1F. The van der Waals surface area contributed by atoms with Crippen LogP contribution in [-0.2, 0) is 20.7 Å². The lowest BCUT2D eigenvalue weighted by Gasteiger charge is -2.01. The van der Waals surface area contributed by atoms with Crippen LogP contribution >= 0.6 is 0 Å². The molecule has 0 atom stereocenters. The largest absolute Gasteiger partial charge is 0.481 e.